The molecular formula is C13H10SSe. The van der Waals surface area contributed by atoms with Crippen molar-refractivity contribution in [3.05, 3.63) is 66.2 Å². The van der Waals surface area contributed by atoms with Crippen LogP contribution in [0.4, 0.5) is 0 Å². The van der Waals surface area contributed by atoms with E-state index in [1.54, 1.807) is 0 Å². The van der Waals surface area contributed by atoms with Gasteiger partial charge < -0.3 is 0 Å². The Morgan fingerprint density at radius 3 is 1.93 bits per heavy atom. The van der Waals surface area contributed by atoms with Crippen molar-refractivity contribution in [2.24, 2.45) is 0 Å². The van der Waals surface area contributed by atoms with Crippen LogP contribution >= 0.6 is 12.2 Å². The predicted octanol–water partition coefficient (Wildman–Crippen LogP) is 2.39. The molecule has 0 amide bonds. The molecule has 2 aromatic rings. The number of rotatable bonds is 3. The summed E-state index contributed by atoms with van der Waals surface area (Å²) in [5.74, 6) is 0. The summed E-state index contributed by atoms with van der Waals surface area (Å²) in [6.45, 7) is 0. The average Bonchev–Trinajstić information content (AvgIpc) is 2.31. The Hall–Kier alpha value is -0.951. The molecule has 15 heavy (non-hydrogen) atoms. The summed E-state index contributed by atoms with van der Waals surface area (Å²) in [5, 5.41) is 0. The number of hydrogen-bond donors (Lipinski definition) is 0. The molecule has 0 aliphatic rings. The van der Waals surface area contributed by atoms with Gasteiger partial charge in [-0.1, -0.05) is 0 Å². The normalized spacial score (nSPS) is 9.87. The molecule has 0 bridgehead atoms. The average molecular weight is 277 g/mol. The Balaban J connectivity index is 2.12. The quantitative estimate of drug-likeness (QED) is 0.613. The van der Waals surface area contributed by atoms with Gasteiger partial charge in [0.1, 0.15) is 0 Å². The van der Waals surface area contributed by atoms with Gasteiger partial charge in [-0.3, -0.25) is 0 Å². The summed E-state index contributed by atoms with van der Waals surface area (Å²) in [6, 6.07) is 20.7. The minimum absolute atomic E-state index is 0.262. The van der Waals surface area contributed by atoms with Gasteiger partial charge in [0, 0.05) is 0 Å². The van der Waals surface area contributed by atoms with Crippen LogP contribution in [0, 0.1) is 0 Å². The fourth-order valence-electron chi connectivity index (χ4n) is 1.23. The zero-order valence-corrected chi connectivity index (χ0v) is 10.6. The summed E-state index contributed by atoms with van der Waals surface area (Å²) in [7, 11) is 0. The molecule has 0 N–H and O–H groups in total. The third-order valence-electron chi connectivity index (χ3n) is 1.96. The first-order valence-corrected chi connectivity index (χ1v) is 6.81. The molecular weight excluding hydrogens is 267 g/mol. The second kappa shape index (κ2) is 5.22. The van der Waals surface area contributed by atoms with Gasteiger partial charge in [0.2, 0.25) is 0 Å². The summed E-state index contributed by atoms with van der Waals surface area (Å²) in [6.07, 6.45) is 0. The van der Waals surface area contributed by atoms with Gasteiger partial charge in [0.05, 0.1) is 0 Å². The van der Waals surface area contributed by atoms with Crippen molar-refractivity contribution in [1.29, 1.82) is 0 Å². The van der Waals surface area contributed by atoms with Crippen LogP contribution in [0.1, 0.15) is 5.56 Å². The molecule has 0 aliphatic heterocycles. The van der Waals surface area contributed by atoms with Gasteiger partial charge in [-0.15, -0.1) is 0 Å². The van der Waals surface area contributed by atoms with E-state index in [2.05, 4.69) is 36.4 Å². The van der Waals surface area contributed by atoms with Crippen LogP contribution in [-0.4, -0.2) is 18.7 Å². The first-order chi connectivity index (χ1) is 7.36. The molecule has 2 heteroatoms. The standard InChI is InChI=1S/C13H10SSe/c14-13(11-7-3-1-4-8-11)15-12-9-5-2-6-10-12/h1-10H. The van der Waals surface area contributed by atoms with Crippen molar-refractivity contribution in [2.45, 2.75) is 0 Å². The molecule has 0 aliphatic carbocycles. The van der Waals surface area contributed by atoms with E-state index in [1.807, 2.05) is 24.3 Å². The molecule has 0 aromatic heterocycles. The van der Waals surface area contributed by atoms with Crippen LogP contribution in [-0.2, 0) is 0 Å². The van der Waals surface area contributed by atoms with Crippen molar-refractivity contribution in [1.82, 2.24) is 0 Å². The SMILES string of the molecule is S=C([Se]c1ccccc1)c1ccccc1. The summed E-state index contributed by atoms with van der Waals surface area (Å²) in [5.41, 5.74) is 1.18. The van der Waals surface area contributed by atoms with Gasteiger partial charge in [0.15, 0.2) is 0 Å². The Morgan fingerprint density at radius 1 is 0.800 bits per heavy atom. The van der Waals surface area contributed by atoms with Crippen molar-refractivity contribution < 1.29 is 0 Å². The second-order valence-corrected chi connectivity index (χ2v) is 6.33. The molecule has 0 spiro atoms. The van der Waals surface area contributed by atoms with E-state index in [1.165, 1.54) is 10.0 Å². The Kier molecular flexibility index (Phi) is 3.68. The second-order valence-electron chi connectivity index (χ2n) is 3.07. The van der Waals surface area contributed by atoms with Crippen LogP contribution in [0.3, 0.4) is 0 Å². The van der Waals surface area contributed by atoms with E-state index >= 15 is 0 Å². The van der Waals surface area contributed by atoms with Crippen LogP contribution in [0.15, 0.2) is 60.7 Å². The molecule has 0 fully saturated rings. The Morgan fingerprint density at radius 2 is 1.33 bits per heavy atom. The maximum absolute atomic E-state index is 5.43. The number of thiocarbonyl (C=S) groups is 1. The van der Waals surface area contributed by atoms with E-state index in [0.717, 1.165) is 3.76 Å². The van der Waals surface area contributed by atoms with E-state index < -0.39 is 0 Å². The third kappa shape index (κ3) is 3.00. The predicted molar refractivity (Wildman–Crippen MR) is 70.0 cm³/mol. The van der Waals surface area contributed by atoms with Crippen molar-refractivity contribution >= 4 is 35.4 Å². The van der Waals surface area contributed by atoms with Gasteiger partial charge >= 0.3 is 102 Å². The van der Waals surface area contributed by atoms with E-state index in [9.17, 15) is 0 Å². The van der Waals surface area contributed by atoms with Crippen LogP contribution in [0.25, 0.3) is 0 Å². The molecule has 0 saturated heterocycles. The van der Waals surface area contributed by atoms with Gasteiger partial charge in [-0.25, -0.2) is 0 Å². The summed E-state index contributed by atoms with van der Waals surface area (Å²) < 4.78 is 2.40. The fourth-order valence-corrected chi connectivity index (χ4v) is 3.46. The van der Waals surface area contributed by atoms with Crippen molar-refractivity contribution in [2.75, 3.05) is 0 Å². The zero-order chi connectivity index (χ0) is 10.5. The summed E-state index contributed by atoms with van der Waals surface area (Å²) in [4.78, 5) is 0. The first kappa shape index (κ1) is 10.6. The molecule has 0 heterocycles. The molecule has 2 rings (SSSR count). The molecule has 74 valence electrons. The van der Waals surface area contributed by atoms with Crippen molar-refractivity contribution in [3.8, 4) is 0 Å². The van der Waals surface area contributed by atoms with Gasteiger partial charge in [-0.2, -0.15) is 0 Å². The molecule has 0 radical (unpaired) electrons. The molecule has 0 nitrogen and oxygen atoms in total. The molecule has 2 aromatic carbocycles. The van der Waals surface area contributed by atoms with Crippen LogP contribution in [0.2, 0.25) is 0 Å². The van der Waals surface area contributed by atoms with Gasteiger partial charge in [-0.05, 0) is 0 Å². The molecule has 0 atom stereocenters. The topological polar surface area (TPSA) is 0 Å². The van der Waals surface area contributed by atoms with E-state index in [4.69, 9.17) is 12.2 Å². The van der Waals surface area contributed by atoms with E-state index in [0.29, 0.717) is 0 Å². The van der Waals surface area contributed by atoms with Crippen LogP contribution < -0.4 is 4.46 Å². The van der Waals surface area contributed by atoms with Crippen LogP contribution in [0.5, 0.6) is 0 Å². The monoisotopic (exact) mass is 278 g/mol. The number of benzene rings is 2. The zero-order valence-electron chi connectivity index (χ0n) is 8.09. The Bertz CT molecular complexity index is 437. The fraction of sp³-hybridized carbons (Fsp3) is 0. The van der Waals surface area contributed by atoms with E-state index in [-0.39, 0.29) is 15.0 Å². The summed E-state index contributed by atoms with van der Waals surface area (Å²) >= 11 is 5.69. The Labute approximate surface area is 101 Å². The number of hydrogen-bond acceptors (Lipinski definition) is 1. The minimum atomic E-state index is 0.262. The molecule has 0 unspecified atom stereocenters. The maximum atomic E-state index is 5.43. The molecule has 0 saturated carbocycles. The first-order valence-electron chi connectivity index (χ1n) is 4.68. The van der Waals surface area contributed by atoms with Gasteiger partial charge in [0.25, 0.3) is 0 Å². The third-order valence-corrected chi connectivity index (χ3v) is 4.58. The van der Waals surface area contributed by atoms with Crippen molar-refractivity contribution in [3.63, 3.8) is 0 Å².